The molecule has 644 valence electrons. The van der Waals surface area contributed by atoms with Gasteiger partial charge in [0.1, 0.15) is 37.9 Å². The van der Waals surface area contributed by atoms with Crippen LogP contribution in [0.5, 0.6) is 34.5 Å². The van der Waals surface area contributed by atoms with E-state index in [2.05, 4.69) is 50.7 Å². The molecule has 0 saturated heterocycles. The molecule has 0 radical (unpaired) electrons. The van der Waals surface area contributed by atoms with E-state index in [0.29, 0.717) is 105 Å². The summed E-state index contributed by atoms with van der Waals surface area (Å²) in [4.78, 5) is 104. The van der Waals surface area contributed by atoms with Crippen LogP contribution in [0.3, 0.4) is 0 Å². The van der Waals surface area contributed by atoms with Crippen molar-refractivity contribution in [2.24, 2.45) is 9.98 Å². The number of fused-ring (bicyclic) bond motifs is 16. The second-order valence-corrected chi connectivity index (χ2v) is 39.5. The number of amides is 6. The Kier molecular flexibility index (Phi) is 24.7. The van der Waals surface area contributed by atoms with Crippen molar-refractivity contribution in [1.29, 1.82) is 0 Å². The van der Waals surface area contributed by atoms with Crippen LogP contribution >= 0.6 is 12.6 Å². The fourth-order valence-corrected chi connectivity index (χ4v) is 19.0. The molecule has 0 spiro atoms. The topological polar surface area (TPSA) is 202 Å². The third-order valence-electron chi connectivity index (χ3n) is 25.4. The molecule has 18 rings (SSSR count). The summed E-state index contributed by atoms with van der Waals surface area (Å²) in [7, 11) is 6.48. The number of methoxy groups -OCH3 is 2. The Balaban J connectivity index is 0.000000183. The summed E-state index contributed by atoms with van der Waals surface area (Å²) in [5.41, 5.74) is 20.2. The molecule has 0 saturated carbocycles. The number of benzene rings is 10. The first-order valence-electron chi connectivity index (χ1n) is 42.5. The van der Waals surface area contributed by atoms with Crippen LogP contribution in [-0.4, -0.2) is 116 Å². The molecular formula is C102H106N8O12S3. The minimum absolute atomic E-state index is 0. The number of carbonyl (C=O) groups excluding carboxylic acids is 6. The van der Waals surface area contributed by atoms with Crippen molar-refractivity contribution in [3.8, 4) is 34.5 Å². The van der Waals surface area contributed by atoms with Crippen LogP contribution in [0.15, 0.2) is 192 Å². The van der Waals surface area contributed by atoms with Crippen LogP contribution < -0.4 is 57.8 Å². The lowest BCUT2D eigenvalue weighted by Gasteiger charge is -2.26. The zero-order valence-electron chi connectivity index (χ0n) is 71.8. The quantitative estimate of drug-likeness (QED) is 0.0593. The van der Waals surface area contributed by atoms with Gasteiger partial charge in [-0.2, -0.15) is 12.6 Å². The van der Waals surface area contributed by atoms with Crippen LogP contribution in [-0.2, 0) is 95.2 Å². The number of para-hydroxylation sites is 4. The van der Waals surface area contributed by atoms with E-state index < -0.39 is 0 Å². The first kappa shape index (κ1) is 86.6. The van der Waals surface area contributed by atoms with E-state index in [1.54, 1.807) is 38.1 Å². The van der Waals surface area contributed by atoms with E-state index in [1.165, 1.54) is 11.1 Å². The van der Waals surface area contributed by atoms with Gasteiger partial charge >= 0.3 is 0 Å². The van der Waals surface area contributed by atoms with Crippen molar-refractivity contribution in [2.75, 3.05) is 64.0 Å². The van der Waals surface area contributed by atoms with E-state index >= 15 is 0 Å². The fourth-order valence-electron chi connectivity index (χ4n) is 18.2. The fraction of sp³-hybridized carbons (Fsp3) is 0.333. The second kappa shape index (κ2) is 35.6. The number of thiol groups is 1. The van der Waals surface area contributed by atoms with E-state index in [-0.39, 0.29) is 112 Å². The molecule has 0 N–H and O–H groups in total. The molecular weight excluding hydrogens is 1630 g/mol. The molecule has 0 aliphatic carbocycles. The minimum atomic E-state index is -0.287. The summed E-state index contributed by atoms with van der Waals surface area (Å²) in [6.07, 6.45) is 14.0. The molecule has 5 atom stereocenters. The summed E-state index contributed by atoms with van der Waals surface area (Å²) in [5, 5.41) is 0. The van der Waals surface area contributed by atoms with Crippen LogP contribution in [0.2, 0.25) is 0 Å². The summed E-state index contributed by atoms with van der Waals surface area (Å²) in [5.74, 6) is 3.03. The van der Waals surface area contributed by atoms with Gasteiger partial charge in [-0.3, -0.25) is 48.6 Å². The van der Waals surface area contributed by atoms with E-state index in [9.17, 15) is 28.8 Å². The van der Waals surface area contributed by atoms with Gasteiger partial charge in [-0.05, 0) is 235 Å². The van der Waals surface area contributed by atoms with Crippen molar-refractivity contribution in [2.45, 2.75) is 186 Å². The van der Waals surface area contributed by atoms with Crippen molar-refractivity contribution in [3.05, 3.63) is 271 Å². The van der Waals surface area contributed by atoms with Crippen molar-refractivity contribution < 1.29 is 57.2 Å². The van der Waals surface area contributed by atoms with Crippen molar-refractivity contribution >= 4 is 127 Å². The zero-order valence-corrected chi connectivity index (χ0v) is 74.4. The van der Waals surface area contributed by atoms with Crippen LogP contribution in [0, 0.1) is 13.8 Å². The lowest BCUT2D eigenvalue weighted by Crippen LogP contribution is -2.37. The Bertz CT molecular complexity index is 6070. The number of carbonyl (C=O) groups is 6. The third-order valence-corrected chi connectivity index (χ3v) is 28.8. The highest BCUT2D eigenvalue weighted by Crippen LogP contribution is 2.47. The summed E-state index contributed by atoms with van der Waals surface area (Å²) in [6.45, 7) is 12.8. The van der Waals surface area contributed by atoms with Gasteiger partial charge in [0.2, 0.25) is 11.8 Å². The highest BCUT2D eigenvalue weighted by atomic mass is 32.8. The maximum Gasteiger partial charge on any atom is 0.261 e. The average Bonchev–Trinajstić information content (AvgIpc) is 1.62. The highest BCUT2D eigenvalue weighted by Gasteiger charge is 2.42. The summed E-state index contributed by atoms with van der Waals surface area (Å²) >= 11 is 10.2. The highest BCUT2D eigenvalue weighted by molar-refractivity contribution is 8.29. The SMILES string of the molecule is C.COc1cc2c(cc1OCc1cc(COc3cc4c(cc3C)C(=O)N3c5ccccc5C[C@H]3C=N4)cc(N(C)C(=O)CCC(C)(C)S(C)=S)c1)CC[C@@H]1Cc3ccccc3N1C2=O.COc1cc2c(cc1OCc1cc(COc3cc4c(cc3C)C(=O)N3c5ccccc5C[C@H]3C=N4)cc(N(C)C(=O)CCC(C)(C)S)c1)CC[C@@H]1Cc3ccccc3N1C2=O. The molecule has 8 aliphatic heterocycles. The molecule has 23 heteroatoms. The van der Waals surface area contributed by atoms with Gasteiger partial charge in [0.25, 0.3) is 23.6 Å². The second-order valence-electron chi connectivity index (χ2n) is 34.8. The monoisotopic (exact) mass is 1730 g/mol. The maximum atomic E-state index is 14.1. The molecule has 0 fully saturated rings. The van der Waals surface area contributed by atoms with E-state index in [1.807, 2.05) is 224 Å². The van der Waals surface area contributed by atoms with Crippen LogP contribution in [0.4, 0.5) is 45.5 Å². The van der Waals surface area contributed by atoms with Gasteiger partial charge in [-0.1, -0.05) is 119 Å². The number of aryl methyl sites for hydroxylation is 4. The Morgan fingerprint density at radius 1 is 0.448 bits per heavy atom. The van der Waals surface area contributed by atoms with Gasteiger partial charge in [0.15, 0.2) is 23.0 Å². The van der Waals surface area contributed by atoms with Crippen molar-refractivity contribution in [3.63, 3.8) is 0 Å². The number of rotatable bonds is 23. The predicted molar refractivity (Wildman–Crippen MR) is 504 cm³/mol. The lowest BCUT2D eigenvalue weighted by atomic mass is 9.99. The lowest BCUT2D eigenvalue weighted by molar-refractivity contribution is -0.119. The van der Waals surface area contributed by atoms with Gasteiger partial charge < -0.3 is 48.0 Å². The van der Waals surface area contributed by atoms with Gasteiger partial charge in [0, 0.05) is 131 Å². The van der Waals surface area contributed by atoms with Crippen LogP contribution in [0.25, 0.3) is 0 Å². The predicted octanol–water partition coefficient (Wildman–Crippen LogP) is 19.3. The summed E-state index contributed by atoms with van der Waals surface area (Å²) in [6, 6.07) is 59.0. The molecule has 10 aromatic rings. The van der Waals surface area contributed by atoms with Gasteiger partial charge in [0.05, 0.1) is 48.8 Å². The molecule has 8 aliphatic rings. The normalized spacial score (nSPS) is 17.4. The standard InChI is InChI=1S/C51H52N4O6S2.C50H50N4O6S.CH4/c1-31-19-41-42(52-28-39-24-36-12-8-10-14-44(36)55(39)50(41)58)27-45(31)60-29-32-20-33(22-38(21-32)53(4)48(56)17-18-51(2,3)63(6)62)30-61-47-25-34-15-16-37-23-35-11-7-9-13-43(35)54(37)49(57)40(34)26-46(47)59-5;1-30-18-40-41(51-27-38-23-35-11-7-9-13-43(35)54(38)49(40)57)26-44(30)59-28-31-19-32(21-37(20-31)52(4)47(55)16-17-50(2,3)61)29-60-46-24-33-14-15-36-22-34-10-6-8-12-42(34)53(36)48(56)39(33)25-45(46)58-5;/h7-14,19-22,25-28,37,39H,15-18,23-24,29-30H2,1-6H3;6-13,18-21,24-27,36,38,61H,14-17,22-23,28-29H2,1-5H3;1H4/t37-,39+,63?;36-,38+;/m11./s1. The largest absolute Gasteiger partial charge is 0.493 e. The number of nitrogens with zero attached hydrogens (tertiary/aromatic N) is 8. The third kappa shape index (κ3) is 17.6. The van der Waals surface area contributed by atoms with E-state index in [0.717, 1.165) is 130 Å². The number of ether oxygens (including phenoxy) is 6. The molecule has 0 aromatic heterocycles. The number of anilines is 6. The maximum absolute atomic E-state index is 14.1. The molecule has 10 aromatic carbocycles. The van der Waals surface area contributed by atoms with Crippen LogP contribution in [0.1, 0.15) is 182 Å². The number of aliphatic imine (C=N–C) groups is 2. The van der Waals surface area contributed by atoms with Crippen molar-refractivity contribution in [1.82, 2.24) is 0 Å². The Hall–Kier alpha value is -11.9. The Morgan fingerprint density at radius 3 is 1.16 bits per heavy atom. The van der Waals surface area contributed by atoms with E-state index in [4.69, 9.17) is 49.6 Å². The Labute approximate surface area is 744 Å². The first-order chi connectivity index (χ1) is 59.6. The Morgan fingerprint density at radius 2 is 0.792 bits per heavy atom. The molecule has 8 heterocycles. The first-order valence-corrected chi connectivity index (χ1v) is 45.5. The zero-order chi connectivity index (χ0) is 86.7. The molecule has 6 amide bonds. The number of hydrogen-bond donors (Lipinski definition) is 1. The average molecular weight is 1730 g/mol. The molecule has 1 unspecified atom stereocenters. The molecule has 125 heavy (non-hydrogen) atoms. The van der Waals surface area contributed by atoms with Gasteiger partial charge in [-0.15, -0.1) is 9.45 Å². The molecule has 20 nitrogen and oxygen atoms in total. The number of hydrogen-bond acceptors (Lipinski definition) is 16. The minimum Gasteiger partial charge on any atom is -0.493 e. The summed E-state index contributed by atoms with van der Waals surface area (Å²) < 4.78 is 37.3. The molecule has 0 bridgehead atoms. The smallest absolute Gasteiger partial charge is 0.261 e. The van der Waals surface area contributed by atoms with Gasteiger partial charge in [-0.25, -0.2) is 0 Å².